The number of para-hydroxylation sites is 2. The molecular weight excluding hydrogens is 364 g/mol. The van der Waals surface area contributed by atoms with Crippen LogP contribution in [0, 0.1) is 0 Å². The summed E-state index contributed by atoms with van der Waals surface area (Å²) in [5.41, 5.74) is 2.48. The van der Waals surface area contributed by atoms with E-state index in [1.165, 1.54) is 11.3 Å². The zero-order chi connectivity index (χ0) is 20.5. The summed E-state index contributed by atoms with van der Waals surface area (Å²) in [5, 5.41) is 10.3. The van der Waals surface area contributed by atoms with Gasteiger partial charge in [0, 0.05) is 38.4 Å². The fraction of sp³-hybridized carbons (Fsp3) is 0.500. The van der Waals surface area contributed by atoms with Crippen LogP contribution in [0.4, 0.5) is 5.69 Å². The highest BCUT2D eigenvalue weighted by atomic mass is 16.5. The van der Waals surface area contributed by atoms with Gasteiger partial charge in [0.15, 0.2) is 0 Å². The zero-order valence-corrected chi connectivity index (χ0v) is 17.7. The minimum Gasteiger partial charge on any atom is -0.491 e. The number of benzene rings is 2. The van der Waals surface area contributed by atoms with E-state index in [2.05, 4.69) is 54.0 Å². The molecule has 2 aromatic carbocycles. The molecule has 1 aliphatic rings. The van der Waals surface area contributed by atoms with E-state index in [9.17, 15) is 5.11 Å². The Morgan fingerprint density at radius 1 is 0.897 bits per heavy atom. The van der Waals surface area contributed by atoms with Crippen LogP contribution in [0.3, 0.4) is 0 Å². The molecule has 5 nitrogen and oxygen atoms in total. The van der Waals surface area contributed by atoms with Crippen LogP contribution in [-0.4, -0.2) is 68.7 Å². The Kier molecular flexibility index (Phi) is 8.35. The van der Waals surface area contributed by atoms with E-state index in [0.29, 0.717) is 32.3 Å². The van der Waals surface area contributed by atoms with Gasteiger partial charge in [-0.1, -0.05) is 50.2 Å². The van der Waals surface area contributed by atoms with E-state index in [1.54, 1.807) is 0 Å². The van der Waals surface area contributed by atoms with Gasteiger partial charge in [0.05, 0.1) is 19.3 Å². The van der Waals surface area contributed by atoms with E-state index in [4.69, 9.17) is 9.47 Å². The van der Waals surface area contributed by atoms with Crippen LogP contribution in [0.5, 0.6) is 5.75 Å². The van der Waals surface area contributed by atoms with Crippen LogP contribution >= 0.6 is 0 Å². The van der Waals surface area contributed by atoms with Crippen LogP contribution in [0.2, 0.25) is 0 Å². The molecule has 0 saturated carbocycles. The number of piperazine rings is 1. The van der Waals surface area contributed by atoms with Gasteiger partial charge in [-0.15, -0.1) is 0 Å². The normalized spacial score (nSPS) is 16.2. The van der Waals surface area contributed by atoms with Crippen molar-refractivity contribution in [3.8, 4) is 5.75 Å². The number of aliphatic hydroxyl groups excluding tert-OH is 1. The van der Waals surface area contributed by atoms with Crippen molar-refractivity contribution in [2.75, 3.05) is 57.4 Å². The molecule has 0 spiro atoms. The molecule has 1 atom stereocenters. The predicted octanol–water partition coefficient (Wildman–Crippen LogP) is 3.39. The molecule has 1 fully saturated rings. The highest BCUT2D eigenvalue weighted by Crippen LogP contribution is 2.25. The molecule has 0 amide bonds. The van der Waals surface area contributed by atoms with E-state index < -0.39 is 6.10 Å². The van der Waals surface area contributed by atoms with Crippen LogP contribution in [0.25, 0.3) is 0 Å². The van der Waals surface area contributed by atoms with Crippen LogP contribution < -0.4 is 9.64 Å². The molecule has 0 unspecified atom stereocenters. The second-order valence-corrected chi connectivity index (χ2v) is 7.89. The van der Waals surface area contributed by atoms with E-state index in [1.807, 2.05) is 24.3 Å². The van der Waals surface area contributed by atoms with Gasteiger partial charge in [-0.3, -0.25) is 4.90 Å². The molecule has 158 valence electrons. The highest BCUT2D eigenvalue weighted by Gasteiger charge is 2.19. The molecule has 1 saturated heterocycles. The number of nitrogens with zero attached hydrogens (tertiary/aromatic N) is 2. The lowest BCUT2D eigenvalue weighted by Gasteiger charge is -2.36. The highest BCUT2D eigenvalue weighted by molar-refractivity contribution is 5.46. The number of anilines is 1. The first-order valence-corrected chi connectivity index (χ1v) is 10.6. The molecule has 1 heterocycles. The van der Waals surface area contributed by atoms with Gasteiger partial charge in [0.1, 0.15) is 12.4 Å². The summed E-state index contributed by atoms with van der Waals surface area (Å²) in [5.74, 6) is 1.35. The first kappa shape index (κ1) is 21.6. The SMILES string of the molecule is CC(C)c1ccccc1OCCOC[C@H](O)CN1CCN(c2ccccc2)CC1. The van der Waals surface area contributed by atoms with Crippen molar-refractivity contribution in [3.05, 3.63) is 60.2 Å². The van der Waals surface area contributed by atoms with E-state index in [-0.39, 0.29) is 0 Å². The molecule has 29 heavy (non-hydrogen) atoms. The summed E-state index contributed by atoms with van der Waals surface area (Å²) in [7, 11) is 0. The maximum absolute atomic E-state index is 10.3. The van der Waals surface area contributed by atoms with Crippen molar-refractivity contribution in [1.29, 1.82) is 0 Å². The molecule has 0 aliphatic carbocycles. The Balaban J connectivity index is 1.29. The van der Waals surface area contributed by atoms with Gasteiger partial charge < -0.3 is 19.5 Å². The number of aliphatic hydroxyl groups is 1. The fourth-order valence-electron chi connectivity index (χ4n) is 3.70. The second-order valence-electron chi connectivity index (χ2n) is 7.89. The van der Waals surface area contributed by atoms with Gasteiger partial charge in [-0.2, -0.15) is 0 Å². The first-order chi connectivity index (χ1) is 14.1. The van der Waals surface area contributed by atoms with Crippen molar-refractivity contribution < 1.29 is 14.6 Å². The molecule has 5 heteroatoms. The van der Waals surface area contributed by atoms with Crippen LogP contribution in [0.1, 0.15) is 25.3 Å². The Labute approximate surface area is 174 Å². The fourth-order valence-corrected chi connectivity index (χ4v) is 3.70. The molecule has 0 bridgehead atoms. The topological polar surface area (TPSA) is 45.2 Å². The van der Waals surface area contributed by atoms with Crippen molar-refractivity contribution in [2.45, 2.75) is 25.9 Å². The maximum Gasteiger partial charge on any atom is 0.122 e. The van der Waals surface area contributed by atoms with Gasteiger partial charge in [0.2, 0.25) is 0 Å². The Hall–Kier alpha value is -2.08. The molecule has 0 radical (unpaired) electrons. The van der Waals surface area contributed by atoms with Crippen molar-refractivity contribution in [2.24, 2.45) is 0 Å². The quantitative estimate of drug-likeness (QED) is 0.622. The maximum atomic E-state index is 10.3. The molecule has 0 aromatic heterocycles. The van der Waals surface area contributed by atoms with Crippen LogP contribution in [-0.2, 0) is 4.74 Å². The van der Waals surface area contributed by atoms with E-state index in [0.717, 1.165) is 31.9 Å². The van der Waals surface area contributed by atoms with Crippen molar-refractivity contribution in [3.63, 3.8) is 0 Å². The number of hydrogen-bond donors (Lipinski definition) is 1. The monoisotopic (exact) mass is 398 g/mol. The minimum atomic E-state index is -0.471. The summed E-state index contributed by atoms with van der Waals surface area (Å²) in [6.45, 7) is 10.2. The largest absolute Gasteiger partial charge is 0.491 e. The second kappa shape index (κ2) is 11.2. The predicted molar refractivity (Wildman–Crippen MR) is 118 cm³/mol. The molecule has 1 aliphatic heterocycles. The van der Waals surface area contributed by atoms with Gasteiger partial charge in [-0.05, 0) is 29.7 Å². The van der Waals surface area contributed by atoms with Gasteiger partial charge in [0.25, 0.3) is 0 Å². The number of ether oxygens (including phenoxy) is 2. The average Bonchev–Trinajstić information content (AvgIpc) is 2.75. The lowest BCUT2D eigenvalue weighted by molar-refractivity contribution is 0.00709. The lowest BCUT2D eigenvalue weighted by atomic mass is 10.0. The summed E-state index contributed by atoms with van der Waals surface area (Å²) < 4.78 is 11.5. The van der Waals surface area contributed by atoms with Gasteiger partial charge >= 0.3 is 0 Å². The third-order valence-corrected chi connectivity index (χ3v) is 5.30. The molecular formula is C24H34N2O3. The first-order valence-electron chi connectivity index (χ1n) is 10.6. The molecule has 1 N–H and O–H groups in total. The Morgan fingerprint density at radius 2 is 1.59 bits per heavy atom. The smallest absolute Gasteiger partial charge is 0.122 e. The third-order valence-electron chi connectivity index (χ3n) is 5.30. The number of rotatable bonds is 10. The number of β-amino-alcohol motifs (C(OH)–C–C–N with tert-alkyl or cyclic N) is 1. The third kappa shape index (κ3) is 6.74. The zero-order valence-electron chi connectivity index (χ0n) is 17.7. The van der Waals surface area contributed by atoms with E-state index >= 15 is 0 Å². The Morgan fingerprint density at radius 3 is 2.31 bits per heavy atom. The summed E-state index contributed by atoms with van der Waals surface area (Å²) in [6, 6.07) is 18.6. The molecule has 2 aromatic rings. The summed E-state index contributed by atoms with van der Waals surface area (Å²) >= 11 is 0. The average molecular weight is 399 g/mol. The summed E-state index contributed by atoms with van der Waals surface area (Å²) in [6.07, 6.45) is -0.471. The Bertz CT molecular complexity index is 715. The number of hydrogen-bond acceptors (Lipinski definition) is 5. The summed E-state index contributed by atoms with van der Waals surface area (Å²) in [4.78, 5) is 4.70. The minimum absolute atomic E-state index is 0.341. The lowest BCUT2D eigenvalue weighted by Crippen LogP contribution is -2.49. The van der Waals surface area contributed by atoms with Crippen molar-refractivity contribution >= 4 is 5.69 Å². The standard InChI is InChI=1S/C24H34N2O3/c1-20(2)23-10-6-7-11-24(23)29-17-16-28-19-22(27)18-25-12-14-26(15-13-25)21-8-4-3-5-9-21/h3-11,20,22,27H,12-19H2,1-2H3/t22-/m1/s1. The molecule has 3 rings (SSSR count). The van der Waals surface area contributed by atoms with Crippen LogP contribution in [0.15, 0.2) is 54.6 Å². The van der Waals surface area contributed by atoms with Crippen molar-refractivity contribution in [1.82, 2.24) is 4.90 Å². The van der Waals surface area contributed by atoms with Gasteiger partial charge in [-0.25, -0.2) is 0 Å².